The molecular weight excluding hydrogens is 343 g/mol. The fourth-order valence-corrected chi connectivity index (χ4v) is 1.89. The smallest absolute Gasteiger partial charge is 0.417 e. The highest BCUT2D eigenvalue weighted by Crippen LogP contribution is 2.31. The number of benzene rings is 1. The van der Waals surface area contributed by atoms with E-state index in [0.717, 1.165) is 38.5 Å². The normalized spacial score (nSPS) is 12.5. The second kappa shape index (κ2) is 8.86. The third kappa shape index (κ3) is 5.94. The first-order chi connectivity index (χ1) is 11.7. The number of carbonyl (C=O) groups is 3. The Balaban J connectivity index is 2.98. The molecule has 136 valence electrons. The van der Waals surface area contributed by atoms with Crippen LogP contribution in [0.5, 0.6) is 0 Å². The first kappa shape index (κ1) is 20.2. The van der Waals surface area contributed by atoms with E-state index in [1.165, 1.54) is 12.1 Å². The van der Waals surface area contributed by atoms with E-state index in [9.17, 15) is 27.6 Å². The van der Waals surface area contributed by atoms with Crippen molar-refractivity contribution in [3.63, 3.8) is 0 Å². The molecule has 0 heterocycles. The molecule has 0 bridgehead atoms. The average molecular weight is 359 g/mol. The molecule has 0 aliphatic heterocycles. The standard InChI is InChI=1S/C16H16F3NO5/c1-24-13(21)9-5-8-12(15(23)25-2)20-14(22)10-6-3-4-7-11(10)16(17,18)19/h3-7,9,12H,8H2,1-2H3,(H,20,22)/b9-5+/t12-/m0/s1. The molecule has 1 atom stereocenters. The van der Waals surface area contributed by atoms with Crippen molar-refractivity contribution in [2.75, 3.05) is 14.2 Å². The summed E-state index contributed by atoms with van der Waals surface area (Å²) in [5.41, 5.74) is -1.75. The molecule has 6 nitrogen and oxygen atoms in total. The maximum Gasteiger partial charge on any atom is 0.417 e. The lowest BCUT2D eigenvalue weighted by atomic mass is 10.1. The quantitative estimate of drug-likeness (QED) is 0.621. The third-order valence-electron chi connectivity index (χ3n) is 3.10. The molecule has 0 aliphatic carbocycles. The van der Waals surface area contributed by atoms with Gasteiger partial charge in [0.05, 0.1) is 25.3 Å². The molecule has 0 aromatic heterocycles. The van der Waals surface area contributed by atoms with Crippen LogP contribution in [-0.2, 0) is 25.2 Å². The lowest BCUT2D eigenvalue weighted by Gasteiger charge is -2.17. The molecule has 0 aliphatic rings. The third-order valence-corrected chi connectivity index (χ3v) is 3.10. The number of amides is 1. The number of rotatable bonds is 6. The van der Waals surface area contributed by atoms with E-state index >= 15 is 0 Å². The Kier molecular flexibility index (Phi) is 7.16. The number of hydrogen-bond acceptors (Lipinski definition) is 5. The summed E-state index contributed by atoms with van der Waals surface area (Å²) in [6, 6.07) is 2.92. The summed E-state index contributed by atoms with van der Waals surface area (Å²) >= 11 is 0. The van der Waals surface area contributed by atoms with Crippen LogP contribution < -0.4 is 5.32 Å². The number of nitrogens with one attached hydrogen (secondary N) is 1. The van der Waals surface area contributed by atoms with Crippen molar-refractivity contribution >= 4 is 17.8 Å². The zero-order chi connectivity index (χ0) is 19.0. The van der Waals surface area contributed by atoms with Crippen molar-refractivity contribution in [2.45, 2.75) is 18.6 Å². The summed E-state index contributed by atoms with van der Waals surface area (Å²) in [5.74, 6) is -2.64. The number of ether oxygens (including phenoxy) is 2. The minimum atomic E-state index is -4.72. The topological polar surface area (TPSA) is 81.7 Å². The molecule has 0 radical (unpaired) electrons. The first-order valence-corrected chi connectivity index (χ1v) is 7.00. The summed E-state index contributed by atoms with van der Waals surface area (Å²) in [5, 5.41) is 2.17. The van der Waals surface area contributed by atoms with Gasteiger partial charge in [0, 0.05) is 6.08 Å². The predicted octanol–water partition coefficient (Wildman–Crippen LogP) is 2.10. The van der Waals surface area contributed by atoms with Crippen molar-refractivity contribution in [1.29, 1.82) is 0 Å². The predicted molar refractivity (Wildman–Crippen MR) is 80.5 cm³/mol. The maximum atomic E-state index is 13.0. The molecule has 1 aromatic rings. The highest BCUT2D eigenvalue weighted by molar-refractivity contribution is 5.98. The summed E-state index contributed by atoms with van der Waals surface area (Å²) in [7, 11) is 2.22. The average Bonchev–Trinajstić information content (AvgIpc) is 2.59. The van der Waals surface area contributed by atoms with E-state index in [-0.39, 0.29) is 6.42 Å². The number of carbonyl (C=O) groups excluding carboxylic acids is 3. The van der Waals surface area contributed by atoms with E-state index in [2.05, 4.69) is 14.8 Å². The number of hydrogen-bond donors (Lipinski definition) is 1. The molecule has 0 saturated carbocycles. The number of esters is 2. The van der Waals surface area contributed by atoms with Gasteiger partial charge >= 0.3 is 18.1 Å². The highest BCUT2D eigenvalue weighted by atomic mass is 19.4. The monoisotopic (exact) mass is 359 g/mol. The largest absolute Gasteiger partial charge is 0.467 e. The zero-order valence-electron chi connectivity index (χ0n) is 13.4. The Morgan fingerprint density at radius 1 is 1.16 bits per heavy atom. The summed E-state index contributed by atoms with van der Waals surface area (Å²) in [6.45, 7) is 0. The lowest BCUT2D eigenvalue weighted by Crippen LogP contribution is -2.41. The van der Waals surface area contributed by atoms with Crippen LogP contribution in [0.3, 0.4) is 0 Å². The summed E-state index contributed by atoms with van der Waals surface area (Å²) in [4.78, 5) is 34.9. The number of methoxy groups -OCH3 is 2. The van der Waals surface area contributed by atoms with Crippen LogP contribution in [0.25, 0.3) is 0 Å². The van der Waals surface area contributed by atoms with Crippen LogP contribution in [-0.4, -0.2) is 38.1 Å². The van der Waals surface area contributed by atoms with Crippen molar-refractivity contribution in [3.8, 4) is 0 Å². The van der Waals surface area contributed by atoms with Crippen LogP contribution >= 0.6 is 0 Å². The summed E-state index contributed by atoms with van der Waals surface area (Å²) < 4.78 is 47.8. The SMILES string of the molecule is COC(=O)/C=C/C[C@H](NC(=O)c1ccccc1C(F)(F)F)C(=O)OC. The van der Waals surface area contributed by atoms with Gasteiger partial charge in [0.2, 0.25) is 0 Å². The molecule has 9 heteroatoms. The molecule has 1 amide bonds. The van der Waals surface area contributed by atoms with Crippen molar-refractivity contribution < 1.29 is 37.0 Å². The number of alkyl halides is 3. The van der Waals surface area contributed by atoms with Gasteiger partial charge in [0.25, 0.3) is 5.91 Å². The number of halogens is 3. The molecule has 1 aromatic carbocycles. The Morgan fingerprint density at radius 2 is 1.80 bits per heavy atom. The maximum absolute atomic E-state index is 13.0. The Morgan fingerprint density at radius 3 is 2.36 bits per heavy atom. The van der Waals surface area contributed by atoms with Crippen LogP contribution in [0.1, 0.15) is 22.3 Å². The van der Waals surface area contributed by atoms with Crippen molar-refractivity contribution in [2.24, 2.45) is 0 Å². The molecule has 0 spiro atoms. The van der Waals surface area contributed by atoms with Gasteiger partial charge in [-0.3, -0.25) is 4.79 Å². The highest BCUT2D eigenvalue weighted by Gasteiger charge is 2.35. The van der Waals surface area contributed by atoms with Crippen molar-refractivity contribution in [3.05, 3.63) is 47.5 Å². The minimum absolute atomic E-state index is 0.165. The molecule has 0 saturated heterocycles. The van der Waals surface area contributed by atoms with E-state index in [4.69, 9.17) is 0 Å². The molecule has 1 N–H and O–H groups in total. The Hall–Kier alpha value is -2.84. The minimum Gasteiger partial charge on any atom is -0.467 e. The van der Waals surface area contributed by atoms with Gasteiger partial charge in [0.1, 0.15) is 6.04 Å². The molecular formula is C16H16F3NO5. The van der Waals surface area contributed by atoms with Gasteiger partial charge in [-0.15, -0.1) is 0 Å². The Labute approximate surface area is 141 Å². The van der Waals surface area contributed by atoms with E-state index in [1.54, 1.807) is 0 Å². The fourth-order valence-electron chi connectivity index (χ4n) is 1.89. The van der Waals surface area contributed by atoms with Gasteiger partial charge < -0.3 is 14.8 Å². The van der Waals surface area contributed by atoms with Gasteiger partial charge in [-0.1, -0.05) is 18.2 Å². The zero-order valence-corrected chi connectivity index (χ0v) is 13.4. The lowest BCUT2D eigenvalue weighted by molar-refractivity contribution is -0.143. The van der Waals surface area contributed by atoms with E-state index in [0.29, 0.717) is 0 Å². The van der Waals surface area contributed by atoms with Crippen LogP contribution in [0.15, 0.2) is 36.4 Å². The van der Waals surface area contributed by atoms with Gasteiger partial charge in [-0.05, 0) is 18.6 Å². The van der Waals surface area contributed by atoms with Gasteiger partial charge in [-0.2, -0.15) is 13.2 Å². The van der Waals surface area contributed by atoms with Crippen LogP contribution in [0.2, 0.25) is 0 Å². The second-order valence-corrected chi connectivity index (χ2v) is 4.75. The van der Waals surface area contributed by atoms with Crippen LogP contribution in [0, 0.1) is 0 Å². The summed E-state index contributed by atoms with van der Waals surface area (Å²) in [6.07, 6.45) is -2.63. The molecule has 25 heavy (non-hydrogen) atoms. The molecule has 0 unspecified atom stereocenters. The van der Waals surface area contributed by atoms with Crippen LogP contribution in [0.4, 0.5) is 13.2 Å². The van der Waals surface area contributed by atoms with Crippen molar-refractivity contribution in [1.82, 2.24) is 5.32 Å². The van der Waals surface area contributed by atoms with E-state index < -0.39 is 41.2 Å². The van der Waals surface area contributed by atoms with E-state index in [1.807, 2.05) is 0 Å². The van der Waals surface area contributed by atoms with Gasteiger partial charge in [0.15, 0.2) is 0 Å². The Bertz CT molecular complexity index is 670. The molecule has 1 rings (SSSR count). The fraction of sp³-hybridized carbons (Fsp3) is 0.312. The van der Waals surface area contributed by atoms with Gasteiger partial charge in [-0.25, -0.2) is 9.59 Å². The molecule has 0 fully saturated rings. The first-order valence-electron chi connectivity index (χ1n) is 7.00. The second-order valence-electron chi connectivity index (χ2n) is 4.75.